The second-order valence-corrected chi connectivity index (χ2v) is 8.87. The molecule has 2 aromatic carbocycles. The molecular formula is C25H29N3O4. The van der Waals surface area contributed by atoms with Crippen LogP contribution in [0.25, 0.3) is 0 Å². The molecule has 2 heterocycles. The van der Waals surface area contributed by atoms with Crippen molar-refractivity contribution < 1.29 is 19.1 Å². The third kappa shape index (κ3) is 4.17. The lowest BCUT2D eigenvalue weighted by Crippen LogP contribution is -2.49. The van der Waals surface area contributed by atoms with Gasteiger partial charge in [-0.25, -0.2) is 0 Å². The summed E-state index contributed by atoms with van der Waals surface area (Å²) >= 11 is 0. The number of hydrogen-bond acceptors (Lipinski definition) is 5. The molecule has 2 fully saturated rings. The molecule has 0 aromatic heterocycles. The minimum absolute atomic E-state index is 0.0761. The molecule has 7 nitrogen and oxygen atoms in total. The Labute approximate surface area is 188 Å². The standard InChI is InChI=1S/C25H29N3O4/c1-16(21-3-2-4-22-24(21)32-15-31-22)27-20-10-9-19(13-20)17-5-7-18(8-6-17)25(30)28-12-11-26-23(29)14-28/h2-8,16,19-20,27H,9-15H2,1H3,(H,26,29)/t16-,19-,20+/m1/s1. The van der Waals surface area contributed by atoms with E-state index in [9.17, 15) is 9.59 Å². The van der Waals surface area contributed by atoms with Gasteiger partial charge >= 0.3 is 0 Å². The van der Waals surface area contributed by atoms with Crippen molar-refractivity contribution in [3.63, 3.8) is 0 Å². The summed E-state index contributed by atoms with van der Waals surface area (Å²) < 4.78 is 11.2. The van der Waals surface area contributed by atoms with E-state index in [4.69, 9.17) is 9.47 Å². The van der Waals surface area contributed by atoms with Crippen LogP contribution in [-0.2, 0) is 4.79 Å². The van der Waals surface area contributed by atoms with E-state index in [1.54, 1.807) is 4.90 Å². The summed E-state index contributed by atoms with van der Waals surface area (Å²) in [5.41, 5.74) is 3.05. The molecule has 2 aliphatic heterocycles. The highest BCUT2D eigenvalue weighted by Gasteiger charge is 2.29. The van der Waals surface area contributed by atoms with Crippen LogP contribution in [0.15, 0.2) is 42.5 Å². The first kappa shape index (κ1) is 20.8. The Kier molecular flexibility index (Phi) is 5.74. The SMILES string of the molecule is C[C@@H](N[C@H]1CC[C@@H](c2ccc(C(=O)N3CCNC(=O)C3)cc2)C1)c1cccc2c1OCO2. The molecule has 0 spiro atoms. The van der Waals surface area contributed by atoms with Crippen molar-refractivity contribution in [3.05, 3.63) is 59.2 Å². The monoisotopic (exact) mass is 435 g/mol. The summed E-state index contributed by atoms with van der Waals surface area (Å²) in [6, 6.07) is 14.6. The van der Waals surface area contributed by atoms with Crippen molar-refractivity contribution in [2.24, 2.45) is 0 Å². The van der Waals surface area contributed by atoms with Gasteiger partial charge < -0.3 is 25.0 Å². The highest BCUT2D eigenvalue weighted by Crippen LogP contribution is 2.40. The number of para-hydroxylation sites is 1. The molecule has 32 heavy (non-hydrogen) atoms. The molecule has 1 saturated heterocycles. The van der Waals surface area contributed by atoms with Crippen LogP contribution in [0.4, 0.5) is 0 Å². The number of ether oxygens (including phenoxy) is 2. The van der Waals surface area contributed by atoms with Crippen molar-refractivity contribution >= 4 is 11.8 Å². The topological polar surface area (TPSA) is 79.9 Å². The second-order valence-electron chi connectivity index (χ2n) is 8.87. The average molecular weight is 436 g/mol. The molecule has 1 aliphatic carbocycles. The van der Waals surface area contributed by atoms with E-state index < -0.39 is 0 Å². The Morgan fingerprint density at radius 1 is 1.16 bits per heavy atom. The maximum atomic E-state index is 12.7. The summed E-state index contributed by atoms with van der Waals surface area (Å²) in [6.45, 7) is 3.67. The predicted molar refractivity (Wildman–Crippen MR) is 120 cm³/mol. The molecular weight excluding hydrogens is 406 g/mol. The first-order chi connectivity index (χ1) is 15.6. The Hall–Kier alpha value is -3.06. The number of hydrogen-bond donors (Lipinski definition) is 2. The zero-order chi connectivity index (χ0) is 22.1. The second kappa shape index (κ2) is 8.82. The zero-order valence-corrected chi connectivity index (χ0v) is 18.3. The van der Waals surface area contributed by atoms with Crippen molar-refractivity contribution in [1.82, 2.24) is 15.5 Å². The number of nitrogens with zero attached hydrogens (tertiary/aromatic N) is 1. The normalized spacial score (nSPS) is 23.2. The van der Waals surface area contributed by atoms with Gasteiger partial charge in [-0.3, -0.25) is 9.59 Å². The third-order valence-electron chi connectivity index (χ3n) is 6.77. The van der Waals surface area contributed by atoms with Gasteiger partial charge in [0.1, 0.15) is 0 Å². The van der Waals surface area contributed by atoms with Gasteiger partial charge in [-0.2, -0.15) is 0 Å². The Balaban J connectivity index is 1.19. The van der Waals surface area contributed by atoms with Gasteiger partial charge in [-0.05, 0) is 55.9 Å². The van der Waals surface area contributed by atoms with Gasteiger partial charge in [-0.1, -0.05) is 24.3 Å². The van der Waals surface area contributed by atoms with Crippen molar-refractivity contribution in [1.29, 1.82) is 0 Å². The molecule has 1 saturated carbocycles. The zero-order valence-electron chi connectivity index (χ0n) is 18.3. The van der Waals surface area contributed by atoms with E-state index in [1.807, 2.05) is 24.3 Å². The van der Waals surface area contributed by atoms with Gasteiger partial charge in [-0.15, -0.1) is 0 Å². The maximum absolute atomic E-state index is 12.7. The maximum Gasteiger partial charge on any atom is 0.254 e. The van der Waals surface area contributed by atoms with Crippen LogP contribution in [0.2, 0.25) is 0 Å². The predicted octanol–water partition coefficient (Wildman–Crippen LogP) is 2.97. The van der Waals surface area contributed by atoms with E-state index in [0.717, 1.165) is 36.3 Å². The highest BCUT2D eigenvalue weighted by atomic mass is 16.7. The molecule has 2 amide bonds. The van der Waals surface area contributed by atoms with E-state index in [-0.39, 0.29) is 31.2 Å². The molecule has 168 valence electrons. The largest absolute Gasteiger partial charge is 0.454 e. The fourth-order valence-electron chi connectivity index (χ4n) is 5.07. The van der Waals surface area contributed by atoms with Crippen LogP contribution in [0.3, 0.4) is 0 Å². The van der Waals surface area contributed by atoms with E-state index in [2.05, 4.69) is 35.8 Å². The molecule has 3 aliphatic rings. The quantitative estimate of drug-likeness (QED) is 0.755. The lowest BCUT2D eigenvalue weighted by atomic mass is 9.96. The Bertz CT molecular complexity index is 1010. The number of piperazine rings is 1. The molecule has 7 heteroatoms. The molecule has 3 atom stereocenters. The van der Waals surface area contributed by atoms with Crippen molar-refractivity contribution in [3.8, 4) is 11.5 Å². The average Bonchev–Trinajstić information content (AvgIpc) is 3.48. The van der Waals surface area contributed by atoms with E-state index >= 15 is 0 Å². The highest BCUT2D eigenvalue weighted by molar-refractivity contribution is 5.97. The fourth-order valence-corrected chi connectivity index (χ4v) is 5.07. The fraction of sp³-hybridized carbons (Fsp3) is 0.440. The Morgan fingerprint density at radius 2 is 2.00 bits per heavy atom. The molecule has 2 aromatic rings. The molecule has 0 bridgehead atoms. The molecule has 5 rings (SSSR count). The number of benzene rings is 2. The van der Waals surface area contributed by atoms with Crippen molar-refractivity contribution in [2.75, 3.05) is 26.4 Å². The van der Waals surface area contributed by atoms with Crippen LogP contribution >= 0.6 is 0 Å². The molecule has 2 N–H and O–H groups in total. The molecule has 0 unspecified atom stereocenters. The number of carbonyl (C=O) groups is 2. The summed E-state index contributed by atoms with van der Waals surface area (Å²) in [6.07, 6.45) is 3.30. The van der Waals surface area contributed by atoms with Crippen LogP contribution in [0.1, 0.15) is 59.6 Å². The van der Waals surface area contributed by atoms with Crippen LogP contribution < -0.4 is 20.1 Å². The smallest absolute Gasteiger partial charge is 0.254 e. The van der Waals surface area contributed by atoms with Gasteiger partial charge in [0, 0.05) is 36.3 Å². The number of amides is 2. The minimum Gasteiger partial charge on any atom is -0.454 e. The minimum atomic E-state index is -0.0977. The van der Waals surface area contributed by atoms with Gasteiger partial charge in [0.05, 0.1) is 6.54 Å². The van der Waals surface area contributed by atoms with Gasteiger partial charge in [0.2, 0.25) is 12.7 Å². The number of nitrogens with one attached hydrogen (secondary N) is 2. The van der Waals surface area contributed by atoms with Crippen LogP contribution in [-0.4, -0.2) is 49.2 Å². The van der Waals surface area contributed by atoms with Gasteiger partial charge in [0.25, 0.3) is 5.91 Å². The summed E-state index contributed by atoms with van der Waals surface area (Å²) in [5.74, 6) is 1.98. The van der Waals surface area contributed by atoms with E-state index in [0.29, 0.717) is 30.6 Å². The Morgan fingerprint density at radius 3 is 2.81 bits per heavy atom. The lowest BCUT2D eigenvalue weighted by Gasteiger charge is -2.26. The first-order valence-corrected chi connectivity index (χ1v) is 11.4. The summed E-state index contributed by atoms with van der Waals surface area (Å²) in [7, 11) is 0. The number of rotatable bonds is 5. The van der Waals surface area contributed by atoms with E-state index in [1.165, 1.54) is 5.56 Å². The van der Waals surface area contributed by atoms with Gasteiger partial charge in [0.15, 0.2) is 11.5 Å². The van der Waals surface area contributed by atoms with Crippen LogP contribution in [0, 0.1) is 0 Å². The lowest BCUT2D eigenvalue weighted by molar-refractivity contribution is -0.123. The van der Waals surface area contributed by atoms with Crippen LogP contribution in [0.5, 0.6) is 11.5 Å². The summed E-state index contributed by atoms with van der Waals surface area (Å²) in [4.78, 5) is 25.9. The molecule has 0 radical (unpaired) electrons. The van der Waals surface area contributed by atoms with Crippen molar-refractivity contribution in [2.45, 2.75) is 44.2 Å². The number of carbonyl (C=O) groups excluding carboxylic acids is 2. The summed E-state index contributed by atoms with van der Waals surface area (Å²) in [5, 5.41) is 6.52. The first-order valence-electron chi connectivity index (χ1n) is 11.4. The third-order valence-corrected chi connectivity index (χ3v) is 6.77. The number of fused-ring (bicyclic) bond motifs is 1.